The maximum Gasteiger partial charge on any atom is 0.341 e. The van der Waals surface area contributed by atoms with Crippen LogP contribution in [0.2, 0.25) is 0 Å². The molecule has 34 heavy (non-hydrogen) atoms. The smallest absolute Gasteiger partial charge is 0.341 e. The largest absolute Gasteiger partial charge is 0.465 e. The number of anilines is 2. The Balaban J connectivity index is 1.44. The number of benzene rings is 1. The molecule has 7 nitrogen and oxygen atoms in total. The molecule has 2 amide bonds. The topological polar surface area (TPSA) is 76.2 Å². The summed E-state index contributed by atoms with van der Waals surface area (Å²) in [5, 5.41) is 4.02. The number of hydrogen-bond donors (Lipinski definition) is 0. The highest BCUT2D eigenvalue weighted by Gasteiger charge is 2.61. The minimum absolute atomic E-state index is 0.337. The Morgan fingerprint density at radius 1 is 1.06 bits per heavy atom. The Morgan fingerprint density at radius 2 is 1.85 bits per heavy atom. The third kappa shape index (κ3) is 3.14. The summed E-state index contributed by atoms with van der Waals surface area (Å²) in [6.45, 7) is 0. The van der Waals surface area contributed by atoms with Gasteiger partial charge in [0.15, 0.2) is 6.10 Å². The maximum atomic E-state index is 13.9. The number of carbonyl (C=O) groups is 3. The standard InChI is InChI=1S/C25H22N2O5S2/c1-31-25(30)18-15-10-5-6-11-16(15)34-24(18)26-22(28)19-20(17-12-7-13-33-17)27(32-21(19)23(26)29)14-8-3-2-4-9-14/h2-4,7-9,12-13,19-21H,5-6,10-11H2,1H3/t19-,20+,21+/m1/s1. The fraction of sp³-hybridized carbons (Fsp3) is 0.320. The van der Waals surface area contributed by atoms with Crippen LogP contribution in [-0.2, 0) is 32.0 Å². The van der Waals surface area contributed by atoms with Gasteiger partial charge >= 0.3 is 5.97 Å². The van der Waals surface area contributed by atoms with Gasteiger partial charge in [-0.1, -0.05) is 24.3 Å². The van der Waals surface area contributed by atoms with Gasteiger partial charge in [0, 0.05) is 9.75 Å². The number of rotatable bonds is 4. The number of ether oxygens (including phenoxy) is 1. The van der Waals surface area contributed by atoms with Gasteiger partial charge in [0.2, 0.25) is 5.91 Å². The Hall–Kier alpha value is -3.01. The van der Waals surface area contributed by atoms with Crippen molar-refractivity contribution in [3.05, 3.63) is 68.7 Å². The van der Waals surface area contributed by atoms with Gasteiger partial charge in [-0.05, 0) is 54.8 Å². The van der Waals surface area contributed by atoms with Crippen LogP contribution in [0, 0.1) is 5.92 Å². The van der Waals surface area contributed by atoms with Gasteiger partial charge in [-0.25, -0.2) is 14.8 Å². The summed E-state index contributed by atoms with van der Waals surface area (Å²) < 4.78 is 5.06. The number of aryl methyl sites for hydroxylation is 1. The van der Waals surface area contributed by atoms with Gasteiger partial charge in [0.05, 0.1) is 18.4 Å². The third-order valence-electron chi connectivity index (χ3n) is 6.71. The zero-order valence-corrected chi connectivity index (χ0v) is 20.1. The molecule has 3 aliphatic rings. The monoisotopic (exact) mass is 494 g/mol. The number of nitrogens with zero attached hydrogens (tertiary/aromatic N) is 2. The predicted molar refractivity (Wildman–Crippen MR) is 129 cm³/mol. The van der Waals surface area contributed by atoms with Crippen molar-refractivity contribution >= 4 is 51.1 Å². The summed E-state index contributed by atoms with van der Waals surface area (Å²) in [6.07, 6.45) is 2.62. The van der Waals surface area contributed by atoms with Gasteiger partial charge < -0.3 is 4.74 Å². The van der Waals surface area contributed by atoms with Crippen LogP contribution in [0.5, 0.6) is 0 Å². The molecule has 2 saturated heterocycles. The summed E-state index contributed by atoms with van der Waals surface area (Å²) >= 11 is 2.89. The van der Waals surface area contributed by atoms with Crippen LogP contribution in [0.25, 0.3) is 0 Å². The van der Waals surface area contributed by atoms with Crippen molar-refractivity contribution in [2.45, 2.75) is 37.8 Å². The quantitative estimate of drug-likeness (QED) is 0.392. The molecule has 0 radical (unpaired) electrons. The minimum atomic E-state index is -0.954. The van der Waals surface area contributed by atoms with E-state index in [1.165, 1.54) is 34.7 Å². The number of thiophene rings is 2. The first-order valence-corrected chi connectivity index (χ1v) is 12.9. The van der Waals surface area contributed by atoms with Crippen LogP contribution in [0.15, 0.2) is 47.8 Å². The molecule has 0 saturated carbocycles. The molecule has 2 aliphatic heterocycles. The first-order valence-electron chi connectivity index (χ1n) is 11.2. The van der Waals surface area contributed by atoms with Gasteiger partial charge in [-0.15, -0.1) is 22.7 Å². The molecule has 6 rings (SSSR count). The van der Waals surface area contributed by atoms with E-state index in [-0.39, 0.29) is 5.91 Å². The molecule has 3 atom stereocenters. The number of fused-ring (bicyclic) bond motifs is 2. The molecule has 3 aromatic rings. The highest BCUT2D eigenvalue weighted by atomic mass is 32.1. The van der Waals surface area contributed by atoms with Crippen molar-refractivity contribution < 1.29 is 24.0 Å². The summed E-state index contributed by atoms with van der Waals surface area (Å²) in [7, 11) is 1.33. The second-order valence-electron chi connectivity index (χ2n) is 8.57. The van der Waals surface area contributed by atoms with E-state index in [0.717, 1.165) is 46.7 Å². The zero-order valence-electron chi connectivity index (χ0n) is 18.4. The normalized spacial score (nSPS) is 23.9. The number of esters is 1. The van der Waals surface area contributed by atoms with Crippen molar-refractivity contribution in [1.29, 1.82) is 0 Å². The highest BCUT2D eigenvalue weighted by Crippen LogP contribution is 2.51. The molecule has 0 spiro atoms. The van der Waals surface area contributed by atoms with Crippen molar-refractivity contribution in [1.82, 2.24) is 0 Å². The fourth-order valence-corrected chi connectivity index (χ4v) is 7.42. The first-order chi connectivity index (χ1) is 16.6. The lowest BCUT2D eigenvalue weighted by Gasteiger charge is -2.27. The van der Waals surface area contributed by atoms with Crippen molar-refractivity contribution in [2.75, 3.05) is 17.1 Å². The molecule has 0 unspecified atom stereocenters. The van der Waals surface area contributed by atoms with Gasteiger partial charge in [0.25, 0.3) is 5.91 Å². The van der Waals surface area contributed by atoms with Crippen molar-refractivity contribution in [3.63, 3.8) is 0 Å². The van der Waals surface area contributed by atoms with Crippen molar-refractivity contribution in [3.8, 4) is 0 Å². The molecule has 2 aromatic heterocycles. The van der Waals surface area contributed by atoms with Gasteiger partial charge in [-0.2, -0.15) is 0 Å². The Bertz CT molecular complexity index is 1270. The second kappa shape index (κ2) is 8.33. The van der Waals surface area contributed by atoms with Crippen LogP contribution < -0.4 is 9.96 Å². The lowest BCUT2D eigenvalue weighted by Crippen LogP contribution is -2.37. The molecule has 2 fully saturated rings. The van der Waals surface area contributed by atoms with E-state index < -0.39 is 29.9 Å². The third-order valence-corrected chi connectivity index (χ3v) is 8.93. The van der Waals surface area contributed by atoms with E-state index in [2.05, 4.69) is 0 Å². The predicted octanol–water partition coefficient (Wildman–Crippen LogP) is 4.53. The minimum Gasteiger partial charge on any atom is -0.465 e. The molecule has 9 heteroatoms. The van der Waals surface area contributed by atoms with E-state index >= 15 is 0 Å². The summed E-state index contributed by atoms with van der Waals surface area (Å²) in [5.41, 5.74) is 2.05. The van der Waals surface area contributed by atoms with E-state index in [9.17, 15) is 14.4 Å². The second-order valence-corrected chi connectivity index (χ2v) is 10.6. The molecule has 1 aliphatic carbocycles. The van der Waals surface area contributed by atoms with E-state index in [1.807, 2.05) is 47.8 Å². The lowest BCUT2D eigenvalue weighted by molar-refractivity contribution is -0.126. The average Bonchev–Trinajstić information content (AvgIpc) is 3.63. The number of methoxy groups -OCH3 is 1. The number of hydrogen-bond acceptors (Lipinski definition) is 8. The SMILES string of the molecule is COC(=O)c1c(N2C(=O)[C@H]3[C@H](ON(c4ccccc4)[C@H]3c3cccs3)C2=O)sc2c1CCCC2. The van der Waals surface area contributed by atoms with Crippen LogP contribution in [0.4, 0.5) is 10.7 Å². The molecule has 0 N–H and O–H groups in total. The number of amides is 2. The Morgan fingerprint density at radius 3 is 2.59 bits per heavy atom. The molecule has 174 valence electrons. The number of imide groups is 1. The molecular formula is C25H22N2O5S2. The maximum absolute atomic E-state index is 13.9. The number of carbonyl (C=O) groups excluding carboxylic acids is 3. The first kappa shape index (κ1) is 21.5. The van der Waals surface area contributed by atoms with E-state index in [4.69, 9.17) is 9.57 Å². The molecule has 0 bridgehead atoms. The summed E-state index contributed by atoms with van der Waals surface area (Å²) in [6, 6.07) is 12.9. The lowest BCUT2D eigenvalue weighted by atomic mass is 9.95. The van der Waals surface area contributed by atoms with Crippen LogP contribution >= 0.6 is 22.7 Å². The molecular weight excluding hydrogens is 472 g/mol. The van der Waals surface area contributed by atoms with E-state index in [1.54, 1.807) is 5.06 Å². The molecule has 4 heterocycles. The van der Waals surface area contributed by atoms with Crippen LogP contribution in [-0.4, -0.2) is 31.0 Å². The zero-order chi connectivity index (χ0) is 23.4. The van der Waals surface area contributed by atoms with Crippen LogP contribution in [0.1, 0.15) is 44.6 Å². The van der Waals surface area contributed by atoms with Crippen molar-refractivity contribution in [2.24, 2.45) is 5.92 Å². The number of para-hydroxylation sites is 1. The molecule has 1 aromatic carbocycles. The van der Waals surface area contributed by atoms with E-state index in [0.29, 0.717) is 10.6 Å². The number of hydroxylamine groups is 1. The summed E-state index contributed by atoms with van der Waals surface area (Å²) in [5.74, 6) is -1.99. The van der Waals surface area contributed by atoms with Gasteiger partial charge in [-0.3, -0.25) is 14.4 Å². The Kier molecular flexibility index (Phi) is 5.28. The highest BCUT2D eigenvalue weighted by molar-refractivity contribution is 7.17. The fourth-order valence-electron chi connectivity index (χ4n) is 5.18. The van der Waals surface area contributed by atoms with Crippen LogP contribution in [0.3, 0.4) is 0 Å². The summed E-state index contributed by atoms with van der Waals surface area (Å²) in [4.78, 5) is 49.7. The Labute approximate surface area is 204 Å². The average molecular weight is 495 g/mol. The van der Waals surface area contributed by atoms with Gasteiger partial charge in [0.1, 0.15) is 17.0 Å².